The summed E-state index contributed by atoms with van der Waals surface area (Å²) >= 11 is 0. The standard InChI is InChI=1S/C9H7F4N/c1-14-5-6-2-3-7(8(10)4-6)9(11,12)13/h2-4H,1,5H2. The van der Waals surface area contributed by atoms with Gasteiger partial charge in [0.25, 0.3) is 0 Å². The molecule has 0 aromatic heterocycles. The number of aliphatic imine (C=N–C) groups is 1. The molecule has 0 saturated carbocycles. The van der Waals surface area contributed by atoms with Gasteiger partial charge in [0, 0.05) is 0 Å². The predicted octanol–water partition coefficient (Wildman–Crippen LogP) is 3.05. The molecule has 0 aliphatic carbocycles. The van der Waals surface area contributed by atoms with Crippen LogP contribution in [0.1, 0.15) is 11.1 Å². The van der Waals surface area contributed by atoms with E-state index in [-0.39, 0.29) is 6.54 Å². The van der Waals surface area contributed by atoms with Crippen molar-refractivity contribution in [1.82, 2.24) is 0 Å². The normalized spacial score (nSPS) is 11.4. The maximum atomic E-state index is 12.9. The van der Waals surface area contributed by atoms with Crippen molar-refractivity contribution in [2.24, 2.45) is 4.99 Å². The first-order valence-corrected chi connectivity index (χ1v) is 3.73. The van der Waals surface area contributed by atoms with Crippen LogP contribution in [0.2, 0.25) is 0 Å². The molecule has 0 heterocycles. The smallest absolute Gasteiger partial charge is 0.296 e. The third-order valence-corrected chi connectivity index (χ3v) is 1.63. The lowest BCUT2D eigenvalue weighted by atomic mass is 10.1. The van der Waals surface area contributed by atoms with Gasteiger partial charge in [-0.05, 0) is 24.4 Å². The fraction of sp³-hybridized carbons (Fsp3) is 0.222. The topological polar surface area (TPSA) is 12.4 Å². The summed E-state index contributed by atoms with van der Waals surface area (Å²) in [5.74, 6) is -1.28. The van der Waals surface area contributed by atoms with Crippen LogP contribution in [0.15, 0.2) is 23.2 Å². The van der Waals surface area contributed by atoms with Crippen LogP contribution in [0.3, 0.4) is 0 Å². The molecule has 76 valence electrons. The van der Waals surface area contributed by atoms with Crippen LogP contribution < -0.4 is 0 Å². The molecule has 0 unspecified atom stereocenters. The molecule has 1 aromatic rings. The van der Waals surface area contributed by atoms with Gasteiger partial charge in [0.1, 0.15) is 5.82 Å². The quantitative estimate of drug-likeness (QED) is 0.519. The average Bonchev–Trinajstić information content (AvgIpc) is 2.02. The van der Waals surface area contributed by atoms with E-state index in [1.165, 1.54) is 6.07 Å². The van der Waals surface area contributed by atoms with Gasteiger partial charge in [-0.25, -0.2) is 4.39 Å². The molecule has 0 fully saturated rings. The van der Waals surface area contributed by atoms with Crippen molar-refractivity contribution in [1.29, 1.82) is 0 Å². The first-order valence-electron chi connectivity index (χ1n) is 3.73. The van der Waals surface area contributed by atoms with E-state index >= 15 is 0 Å². The van der Waals surface area contributed by atoms with E-state index in [0.717, 1.165) is 6.07 Å². The zero-order valence-corrected chi connectivity index (χ0v) is 7.11. The lowest BCUT2D eigenvalue weighted by Crippen LogP contribution is -2.08. The number of halogens is 4. The molecule has 0 bridgehead atoms. The van der Waals surface area contributed by atoms with Crippen LogP contribution in [0.25, 0.3) is 0 Å². The number of alkyl halides is 3. The number of rotatable bonds is 2. The second kappa shape index (κ2) is 3.77. The highest BCUT2D eigenvalue weighted by Gasteiger charge is 2.33. The summed E-state index contributed by atoms with van der Waals surface area (Å²) in [4.78, 5) is 3.44. The van der Waals surface area contributed by atoms with Gasteiger partial charge in [-0.3, -0.25) is 4.99 Å². The predicted molar refractivity (Wildman–Crippen MR) is 44.7 cm³/mol. The average molecular weight is 205 g/mol. The molecule has 0 saturated heterocycles. The summed E-state index contributed by atoms with van der Waals surface area (Å²) in [7, 11) is 0. The van der Waals surface area contributed by atoms with Crippen LogP contribution in [0, 0.1) is 5.82 Å². The Kier molecular flexibility index (Phi) is 2.88. The molecule has 0 aliphatic rings. The van der Waals surface area contributed by atoms with Gasteiger partial charge in [0.05, 0.1) is 12.1 Å². The third kappa shape index (κ3) is 2.31. The first-order chi connectivity index (χ1) is 6.45. The van der Waals surface area contributed by atoms with Crippen molar-refractivity contribution < 1.29 is 17.6 Å². The van der Waals surface area contributed by atoms with Crippen molar-refractivity contribution in [3.8, 4) is 0 Å². The molecular formula is C9H7F4N. The largest absolute Gasteiger partial charge is 0.419 e. The van der Waals surface area contributed by atoms with E-state index in [0.29, 0.717) is 11.6 Å². The maximum absolute atomic E-state index is 12.9. The van der Waals surface area contributed by atoms with Gasteiger partial charge in [0.15, 0.2) is 0 Å². The fourth-order valence-electron chi connectivity index (χ4n) is 1.02. The minimum absolute atomic E-state index is 0.106. The van der Waals surface area contributed by atoms with Crippen molar-refractivity contribution in [3.63, 3.8) is 0 Å². The van der Waals surface area contributed by atoms with Gasteiger partial charge >= 0.3 is 6.18 Å². The molecule has 0 N–H and O–H groups in total. The summed E-state index contributed by atoms with van der Waals surface area (Å²) < 4.78 is 49.2. The summed E-state index contributed by atoms with van der Waals surface area (Å²) in [6.07, 6.45) is -4.65. The van der Waals surface area contributed by atoms with Crippen LogP contribution in [-0.4, -0.2) is 6.72 Å². The molecular weight excluding hydrogens is 198 g/mol. The summed E-state index contributed by atoms with van der Waals surface area (Å²) in [5, 5.41) is 0. The Hall–Kier alpha value is -1.39. The van der Waals surface area contributed by atoms with E-state index in [4.69, 9.17) is 0 Å². The van der Waals surface area contributed by atoms with Gasteiger partial charge < -0.3 is 0 Å². The number of hydrogen-bond donors (Lipinski definition) is 0. The van der Waals surface area contributed by atoms with Gasteiger partial charge in [-0.1, -0.05) is 6.07 Å². The van der Waals surface area contributed by atoms with E-state index in [1.807, 2.05) is 0 Å². The number of hydrogen-bond acceptors (Lipinski definition) is 1. The Bertz CT molecular complexity index is 343. The third-order valence-electron chi connectivity index (χ3n) is 1.63. The van der Waals surface area contributed by atoms with Gasteiger partial charge in [0.2, 0.25) is 0 Å². The lowest BCUT2D eigenvalue weighted by molar-refractivity contribution is -0.140. The summed E-state index contributed by atoms with van der Waals surface area (Å²) in [6.45, 7) is 3.27. The highest BCUT2D eigenvalue weighted by molar-refractivity contribution is 5.29. The highest BCUT2D eigenvalue weighted by atomic mass is 19.4. The first kappa shape index (κ1) is 10.7. The van der Waals surface area contributed by atoms with E-state index in [1.54, 1.807) is 0 Å². The second-order valence-electron chi connectivity index (χ2n) is 2.69. The Balaban J connectivity index is 3.07. The van der Waals surface area contributed by atoms with Crippen LogP contribution in [-0.2, 0) is 12.7 Å². The minimum Gasteiger partial charge on any atom is -0.296 e. The van der Waals surface area contributed by atoms with Gasteiger partial charge in [-0.2, -0.15) is 13.2 Å². The minimum atomic E-state index is -4.65. The van der Waals surface area contributed by atoms with Crippen molar-refractivity contribution in [2.45, 2.75) is 12.7 Å². The molecule has 0 aliphatic heterocycles. The van der Waals surface area contributed by atoms with E-state index < -0.39 is 17.6 Å². The summed E-state index contributed by atoms with van der Waals surface area (Å²) in [6, 6.07) is 2.70. The zero-order valence-electron chi connectivity index (χ0n) is 7.11. The van der Waals surface area contributed by atoms with Gasteiger partial charge in [-0.15, -0.1) is 0 Å². The molecule has 5 heteroatoms. The van der Waals surface area contributed by atoms with Crippen LogP contribution in [0.4, 0.5) is 17.6 Å². The van der Waals surface area contributed by atoms with E-state index in [9.17, 15) is 17.6 Å². The lowest BCUT2D eigenvalue weighted by Gasteiger charge is -2.08. The van der Waals surface area contributed by atoms with Crippen LogP contribution >= 0.6 is 0 Å². The molecule has 1 aromatic carbocycles. The molecule has 14 heavy (non-hydrogen) atoms. The summed E-state index contributed by atoms with van der Waals surface area (Å²) in [5.41, 5.74) is -0.893. The monoisotopic (exact) mass is 205 g/mol. The Morgan fingerprint density at radius 2 is 1.93 bits per heavy atom. The Morgan fingerprint density at radius 3 is 2.36 bits per heavy atom. The van der Waals surface area contributed by atoms with Crippen molar-refractivity contribution in [3.05, 3.63) is 35.1 Å². The maximum Gasteiger partial charge on any atom is 0.419 e. The molecule has 1 nitrogen and oxygen atoms in total. The Labute approximate surface area is 78.1 Å². The number of benzene rings is 1. The van der Waals surface area contributed by atoms with Crippen molar-refractivity contribution >= 4 is 6.72 Å². The molecule has 0 radical (unpaired) electrons. The Morgan fingerprint density at radius 1 is 1.29 bits per heavy atom. The second-order valence-corrected chi connectivity index (χ2v) is 2.69. The molecule has 1 rings (SSSR count). The molecule has 0 spiro atoms. The SMILES string of the molecule is C=NCc1ccc(C(F)(F)F)c(F)c1. The molecule has 0 amide bonds. The van der Waals surface area contributed by atoms with Crippen molar-refractivity contribution in [2.75, 3.05) is 0 Å². The van der Waals surface area contributed by atoms with E-state index in [2.05, 4.69) is 11.7 Å². The fourth-order valence-corrected chi connectivity index (χ4v) is 1.02. The van der Waals surface area contributed by atoms with Crippen LogP contribution in [0.5, 0.6) is 0 Å². The highest BCUT2D eigenvalue weighted by Crippen LogP contribution is 2.31. The number of nitrogens with zero attached hydrogens (tertiary/aromatic N) is 1. The molecule has 0 atom stereocenters. The zero-order chi connectivity index (χ0) is 10.8.